The Balaban J connectivity index is 1.35. The van der Waals surface area contributed by atoms with Gasteiger partial charge in [0.1, 0.15) is 0 Å². The number of anilines is 4. The van der Waals surface area contributed by atoms with Gasteiger partial charge in [0.15, 0.2) is 5.11 Å². The lowest BCUT2D eigenvalue weighted by Crippen LogP contribution is -2.33. The van der Waals surface area contributed by atoms with Gasteiger partial charge in [0, 0.05) is 35.3 Å². The fraction of sp³-hybridized carbons (Fsp3) is 0. The molecule has 0 aliphatic carbocycles. The van der Waals surface area contributed by atoms with Gasteiger partial charge in [-0.15, -0.1) is 0 Å². The first-order chi connectivity index (χ1) is 18.9. The molecule has 0 fully saturated rings. The van der Waals surface area contributed by atoms with E-state index in [1.165, 1.54) is 30.4 Å². The van der Waals surface area contributed by atoms with Gasteiger partial charge in [-0.2, -0.15) is 0 Å². The molecule has 0 atom stereocenters. The van der Waals surface area contributed by atoms with E-state index in [4.69, 9.17) is 12.2 Å². The molecule has 0 aliphatic rings. The van der Waals surface area contributed by atoms with Crippen molar-refractivity contribution in [3.05, 3.63) is 130 Å². The van der Waals surface area contributed by atoms with Crippen molar-refractivity contribution >= 4 is 63.7 Å². The second-order valence-corrected chi connectivity index (χ2v) is 8.61. The van der Waals surface area contributed by atoms with Crippen LogP contribution in [0.25, 0.3) is 6.08 Å². The molecule has 0 aliphatic heterocycles. The quantitative estimate of drug-likeness (QED) is 0.0924. The topological polar surface area (TPSA) is 125 Å². The molecule has 9 nitrogen and oxygen atoms in total. The van der Waals surface area contributed by atoms with Crippen LogP contribution in [0, 0.1) is 10.1 Å². The van der Waals surface area contributed by atoms with Gasteiger partial charge in [-0.3, -0.25) is 25.0 Å². The molecule has 0 saturated heterocycles. The summed E-state index contributed by atoms with van der Waals surface area (Å²) in [7, 11) is 0. The summed E-state index contributed by atoms with van der Waals surface area (Å²) in [5, 5.41) is 22.4. The SMILES string of the molecule is O=C(/C=C/c1cccc([N+](=O)[O-])c1)NC(=S)Nc1ccccc1C(=O)Nc1ccc(Nc2ccccc2)cc1. The number of amides is 2. The van der Waals surface area contributed by atoms with Crippen LogP contribution in [0.4, 0.5) is 28.4 Å². The van der Waals surface area contributed by atoms with Crippen LogP contribution in [0.2, 0.25) is 0 Å². The van der Waals surface area contributed by atoms with Crippen LogP contribution in [0.1, 0.15) is 15.9 Å². The molecule has 0 saturated carbocycles. The van der Waals surface area contributed by atoms with E-state index in [1.807, 2.05) is 42.5 Å². The molecule has 4 N–H and O–H groups in total. The third-order valence-electron chi connectivity index (χ3n) is 5.37. The first-order valence-corrected chi connectivity index (χ1v) is 12.2. The minimum absolute atomic E-state index is 0.0136. The van der Waals surface area contributed by atoms with E-state index < -0.39 is 10.8 Å². The van der Waals surface area contributed by atoms with E-state index in [0.717, 1.165) is 11.4 Å². The summed E-state index contributed by atoms with van der Waals surface area (Å²) in [5.74, 6) is -0.897. The predicted molar refractivity (Wildman–Crippen MR) is 157 cm³/mol. The Kier molecular flexibility index (Phi) is 8.73. The molecule has 0 bridgehead atoms. The largest absolute Gasteiger partial charge is 0.356 e. The Hall–Kier alpha value is -5.35. The van der Waals surface area contributed by atoms with Crippen molar-refractivity contribution in [1.29, 1.82) is 0 Å². The van der Waals surface area contributed by atoms with Gasteiger partial charge in [0.05, 0.1) is 16.2 Å². The standard InChI is InChI=1S/C29H23N5O4S/c35-27(18-13-20-7-6-10-24(19-20)34(37)38)33-29(39)32-26-12-5-4-11-25(26)28(36)31-23-16-14-22(15-17-23)30-21-8-2-1-3-9-21/h1-19,30H,(H,31,36)(H2,32,33,35,39)/b18-13+. The highest BCUT2D eigenvalue weighted by Gasteiger charge is 2.13. The lowest BCUT2D eigenvalue weighted by Gasteiger charge is -2.13. The van der Waals surface area contributed by atoms with E-state index in [2.05, 4.69) is 21.3 Å². The van der Waals surface area contributed by atoms with E-state index in [0.29, 0.717) is 22.5 Å². The molecule has 0 aromatic heterocycles. The van der Waals surface area contributed by atoms with Gasteiger partial charge >= 0.3 is 0 Å². The summed E-state index contributed by atoms with van der Waals surface area (Å²) in [5.41, 5.74) is 3.58. The molecular weight excluding hydrogens is 514 g/mol. The van der Waals surface area contributed by atoms with Crippen molar-refractivity contribution < 1.29 is 14.5 Å². The number of non-ortho nitro benzene ring substituents is 1. The van der Waals surface area contributed by atoms with Crippen molar-refractivity contribution in [2.75, 3.05) is 16.0 Å². The number of nitro groups is 1. The lowest BCUT2D eigenvalue weighted by molar-refractivity contribution is -0.384. The minimum atomic E-state index is -0.537. The number of benzene rings is 4. The smallest absolute Gasteiger partial charge is 0.270 e. The number of para-hydroxylation sites is 2. The molecule has 0 unspecified atom stereocenters. The second-order valence-electron chi connectivity index (χ2n) is 8.20. The molecule has 0 spiro atoms. The molecule has 0 heterocycles. The number of carbonyl (C=O) groups excluding carboxylic acids is 2. The maximum absolute atomic E-state index is 13.0. The number of nitrogens with one attached hydrogen (secondary N) is 4. The van der Waals surface area contributed by atoms with Gasteiger partial charge in [0.25, 0.3) is 11.6 Å². The molecule has 194 valence electrons. The fourth-order valence-electron chi connectivity index (χ4n) is 3.53. The van der Waals surface area contributed by atoms with Crippen molar-refractivity contribution in [1.82, 2.24) is 5.32 Å². The van der Waals surface area contributed by atoms with Crippen molar-refractivity contribution in [2.45, 2.75) is 0 Å². The third kappa shape index (κ3) is 7.81. The molecule has 4 rings (SSSR count). The molecule has 4 aromatic rings. The van der Waals surface area contributed by atoms with Crippen LogP contribution in [0.5, 0.6) is 0 Å². The van der Waals surface area contributed by atoms with Crippen molar-refractivity contribution in [3.63, 3.8) is 0 Å². The van der Waals surface area contributed by atoms with Crippen LogP contribution in [-0.2, 0) is 4.79 Å². The van der Waals surface area contributed by atoms with E-state index >= 15 is 0 Å². The van der Waals surface area contributed by atoms with Gasteiger partial charge in [0.2, 0.25) is 5.91 Å². The van der Waals surface area contributed by atoms with Gasteiger partial charge < -0.3 is 16.0 Å². The predicted octanol–water partition coefficient (Wildman–Crippen LogP) is 6.12. The molecule has 4 aromatic carbocycles. The summed E-state index contributed by atoms with van der Waals surface area (Å²) in [4.78, 5) is 35.7. The Labute approximate surface area is 229 Å². The second kappa shape index (κ2) is 12.7. The maximum Gasteiger partial charge on any atom is 0.270 e. The van der Waals surface area contributed by atoms with Crippen LogP contribution in [0.3, 0.4) is 0 Å². The summed E-state index contributed by atoms with van der Waals surface area (Å²) in [6.07, 6.45) is 2.65. The molecule has 2 amide bonds. The summed E-state index contributed by atoms with van der Waals surface area (Å²) in [6, 6.07) is 29.7. The molecule has 39 heavy (non-hydrogen) atoms. The van der Waals surface area contributed by atoms with Gasteiger partial charge in [-0.05, 0) is 72.4 Å². The highest BCUT2D eigenvalue weighted by atomic mass is 32.1. The van der Waals surface area contributed by atoms with Crippen LogP contribution < -0.4 is 21.3 Å². The number of nitrogens with zero attached hydrogens (tertiary/aromatic N) is 1. The summed E-state index contributed by atoms with van der Waals surface area (Å²) in [6.45, 7) is 0. The zero-order chi connectivity index (χ0) is 27.6. The average Bonchev–Trinajstić information content (AvgIpc) is 2.94. The number of carbonyl (C=O) groups is 2. The Morgan fingerprint density at radius 3 is 2.18 bits per heavy atom. The average molecular weight is 538 g/mol. The zero-order valence-corrected chi connectivity index (χ0v) is 21.3. The number of hydrogen-bond acceptors (Lipinski definition) is 6. The first kappa shape index (κ1) is 26.7. The third-order valence-corrected chi connectivity index (χ3v) is 5.57. The van der Waals surface area contributed by atoms with E-state index in [-0.39, 0.29) is 16.7 Å². The van der Waals surface area contributed by atoms with Crippen LogP contribution in [0.15, 0.2) is 109 Å². The summed E-state index contributed by atoms with van der Waals surface area (Å²) >= 11 is 5.24. The normalized spacial score (nSPS) is 10.5. The Bertz CT molecular complexity index is 1540. The fourth-order valence-corrected chi connectivity index (χ4v) is 3.75. The maximum atomic E-state index is 13.0. The molecular formula is C29H23N5O4S. The van der Waals surface area contributed by atoms with Crippen LogP contribution >= 0.6 is 12.2 Å². The number of nitro benzene ring substituents is 1. The number of thiocarbonyl (C=S) groups is 1. The Morgan fingerprint density at radius 1 is 0.769 bits per heavy atom. The number of rotatable bonds is 8. The van der Waals surface area contributed by atoms with E-state index in [9.17, 15) is 19.7 Å². The minimum Gasteiger partial charge on any atom is -0.356 e. The number of hydrogen-bond donors (Lipinski definition) is 4. The highest BCUT2D eigenvalue weighted by molar-refractivity contribution is 7.80. The van der Waals surface area contributed by atoms with Gasteiger partial charge in [-0.25, -0.2) is 0 Å². The summed E-state index contributed by atoms with van der Waals surface area (Å²) < 4.78 is 0. The Morgan fingerprint density at radius 2 is 1.44 bits per heavy atom. The van der Waals surface area contributed by atoms with Crippen LogP contribution in [-0.4, -0.2) is 21.9 Å². The monoisotopic (exact) mass is 537 g/mol. The van der Waals surface area contributed by atoms with E-state index in [1.54, 1.807) is 42.5 Å². The lowest BCUT2D eigenvalue weighted by atomic mass is 10.1. The molecule has 10 heteroatoms. The van der Waals surface area contributed by atoms with Crippen molar-refractivity contribution in [3.8, 4) is 0 Å². The van der Waals surface area contributed by atoms with Gasteiger partial charge in [-0.1, -0.05) is 42.5 Å². The first-order valence-electron chi connectivity index (χ1n) is 11.7. The zero-order valence-electron chi connectivity index (χ0n) is 20.5. The highest BCUT2D eigenvalue weighted by Crippen LogP contribution is 2.21. The van der Waals surface area contributed by atoms with Crippen molar-refractivity contribution in [2.24, 2.45) is 0 Å². The molecule has 0 radical (unpaired) electrons.